The normalized spacial score (nSPS) is 14.2. The second-order valence-corrected chi connectivity index (χ2v) is 6.79. The standard InChI is InChI=1S/C20H23ClN2O/c1-15-7-8-18(19(21)13-15)20(24)22-10-4-11-23-12-9-16-5-2-3-6-17(16)14-23/h2-3,5-8,13H,4,9-12,14H2,1H3,(H,22,24). The van der Waals surface area contributed by atoms with E-state index in [1.54, 1.807) is 6.07 Å². The van der Waals surface area contributed by atoms with Gasteiger partial charge in [0.05, 0.1) is 10.6 Å². The Balaban J connectivity index is 1.44. The third-order valence-electron chi connectivity index (χ3n) is 4.52. The fourth-order valence-corrected chi connectivity index (χ4v) is 3.47. The molecular formula is C20H23ClN2O. The first-order valence-corrected chi connectivity index (χ1v) is 8.85. The highest BCUT2D eigenvalue weighted by Gasteiger charge is 2.15. The summed E-state index contributed by atoms with van der Waals surface area (Å²) < 4.78 is 0. The van der Waals surface area contributed by atoms with E-state index in [4.69, 9.17) is 11.6 Å². The summed E-state index contributed by atoms with van der Waals surface area (Å²) in [6.07, 6.45) is 2.05. The summed E-state index contributed by atoms with van der Waals surface area (Å²) in [7, 11) is 0. The second kappa shape index (κ2) is 7.82. The van der Waals surface area contributed by atoms with E-state index in [0.717, 1.165) is 38.0 Å². The average Bonchev–Trinajstić information content (AvgIpc) is 2.58. The van der Waals surface area contributed by atoms with Crippen molar-refractivity contribution in [3.05, 3.63) is 69.7 Å². The van der Waals surface area contributed by atoms with Gasteiger partial charge in [0.2, 0.25) is 0 Å². The van der Waals surface area contributed by atoms with Gasteiger partial charge in [-0.05, 0) is 48.6 Å². The van der Waals surface area contributed by atoms with Crippen LogP contribution in [0.25, 0.3) is 0 Å². The van der Waals surface area contributed by atoms with E-state index in [-0.39, 0.29) is 5.91 Å². The van der Waals surface area contributed by atoms with E-state index in [1.165, 1.54) is 11.1 Å². The maximum atomic E-state index is 12.2. The number of aryl methyl sites for hydroxylation is 1. The molecule has 1 aliphatic rings. The molecule has 0 atom stereocenters. The van der Waals surface area contributed by atoms with Crippen molar-refractivity contribution in [2.24, 2.45) is 0 Å². The Bertz CT molecular complexity index is 729. The van der Waals surface area contributed by atoms with Crippen molar-refractivity contribution in [2.45, 2.75) is 26.3 Å². The van der Waals surface area contributed by atoms with Crippen LogP contribution in [-0.2, 0) is 13.0 Å². The molecule has 2 aromatic carbocycles. The Morgan fingerprint density at radius 1 is 1.21 bits per heavy atom. The van der Waals surface area contributed by atoms with Crippen molar-refractivity contribution in [3.63, 3.8) is 0 Å². The zero-order valence-electron chi connectivity index (χ0n) is 14.0. The van der Waals surface area contributed by atoms with Crippen molar-refractivity contribution in [3.8, 4) is 0 Å². The topological polar surface area (TPSA) is 32.3 Å². The minimum atomic E-state index is -0.0935. The summed E-state index contributed by atoms with van der Waals surface area (Å²) >= 11 is 6.14. The number of hydrogen-bond donors (Lipinski definition) is 1. The molecule has 3 rings (SSSR count). The number of rotatable bonds is 5. The Morgan fingerprint density at radius 2 is 2.00 bits per heavy atom. The van der Waals surface area contributed by atoms with Crippen LogP contribution in [0.15, 0.2) is 42.5 Å². The maximum Gasteiger partial charge on any atom is 0.252 e. The molecule has 4 heteroatoms. The van der Waals surface area contributed by atoms with Gasteiger partial charge in [0, 0.05) is 26.2 Å². The lowest BCUT2D eigenvalue weighted by atomic mass is 10.00. The van der Waals surface area contributed by atoms with E-state index in [1.807, 2.05) is 19.1 Å². The highest BCUT2D eigenvalue weighted by molar-refractivity contribution is 6.33. The minimum absolute atomic E-state index is 0.0935. The number of amides is 1. The molecule has 3 nitrogen and oxygen atoms in total. The summed E-state index contributed by atoms with van der Waals surface area (Å²) in [5.74, 6) is -0.0935. The van der Waals surface area contributed by atoms with Gasteiger partial charge in [-0.2, -0.15) is 0 Å². The maximum absolute atomic E-state index is 12.2. The van der Waals surface area contributed by atoms with Gasteiger partial charge in [0.15, 0.2) is 0 Å². The van der Waals surface area contributed by atoms with Crippen LogP contribution in [0.5, 0.6) is 0 Å². The number of halogens is 1. The molecule has 0 saturated carbocycles. The lowest BCUT2D eigenvalue weighted by Gasteiger charge is -2.28. The fraction of sp³-hybridized carbons (Fsp3) is 0.350. The van der Waals surface area contributed by atoms with E-state index >= 15 is 0 Å². The number of benzene rings is 2. The summed E-state index contributed by atoms with van der Waals surface area (Å²) in [6.45, 7) is 5.73. The van der Waals surface area contributed by atoms with Crippen LogP contribution < -0.4 is 5.32 Å². The van der Waals surface area contributed by atoms with E-state index in [9.17, 15) is 4.79 Å². The van der Waals surface area contributed by atoms with Crippen molar-refractivity contribution >= 4 is 17.5 Å². The highest BCUT2D eigenvalue weighted by Crippen LogP contribution is 2.19. The number of nitrogens with one attached hydrogen (secondary N) is 1. The molecule has 126 valence electrons. The molecule has 1 heterocycles. The van der Waals surface area contributed by atoms with Crippen LogP contribution in [-0.4, -0.2) is 30.4 Å². The van der Waals surface area contributed by atoms with E-state index in [0.29, 0.717) is 17.1 Å². The smallest absolute Gasteiger partial charge is 0.252 e. The minimum Gasteiger partial charge on any atom is -0.352 e. The van der Waals surface area contributed by atoms with Crippen LogP contribution in [0.1, 0.15) is 33.5 Å². The molecule has 1 aliphatic heterocycles. The van der Waals surface area contributed by atoms with Gasteiger partial charge >= 0.3 is 0 Å². The molecule has 0 saturated heterocycles. The van der Waals surface area contributed by atoms with Crippen LogP contribution >= 0.6 is 11.6 Å². The number of fused-ring (bicyclic) bond motifs is 1. The molecule has 0 fully saturated rings. The number of carbonyl (C=O) groups is 1. The highest BCUT2D eigenvalue weighted by atomic mass is 35.5. The predicted molar refractivity (Wildman–Crippen MR) is 98.6 cm³/mol. The van der Waals surface area contributed by atoms with E-state index in [2.05, 4.69) is 34.5 Å². The van der Waals surface area contributed by atoms with Gasteiger partial charge in [-0.15, -0.1) is 0 Å². The first-order chi connectivity index (χ1) is 11.6. The monoisotopic (exact) mass is 342 g/mol. The molecule has 0 aromatic heterocycles. The number of nitrogens with zero attached hydrogens (tertiary/aromatic N) is 1. The summed E-state index contributed by atoms with van der Waals surface area (Å²) in [4.78, 5) is 14.6. The molecule has 24 heavy (non-hydrogen) atoms. The van der Waals surface area contributed by atoms with Crippen LogP contribution in [0.3, 0.4) is 0 Å². The zero-order valence-corrected chi connectivity index (χ0v) is 14.8. The van der Waals surface area contributed by atoms with Gasteiger partial charge < -0.3 is 5.32 Å². The molecule has 0 bridgehead atoms. The Labute approximate surface area is 148 Å². The van der Waals surface area contributed by atoms with Gasteiger partial charge in [-0.25, -0.2) is 0 Å². The van der Waals surface area contributed by atoms with Gasteiger partial charge in [-0.1, -0.05) is 41.9 Å². The van der Waals surface area contributed by atoms with E-state index < -0.39 is 0 Å². The van der Waals surface area contributed by atoms with Crippen LogP contribution in [0.2, 0.25) is 5.02 Å². The zero-order chi connectivity index (χ0) is 16.9. The van der Waals surface area contributed by atoms with Gasteiger partial charge in [0.25, 0.3) is 5.91 Å². The predicted octanol–water partition coefficient (Wildman–Crippen LogP) is 3.83. The molecule has 1 amide bonds. The largest absolute Gasteiger partial charge is 0.352 e. The Hall–Kier alpha value is -1.84. The molecule has 0 radical (unpaired) electrons. The molecule has 0 spiro atoms. The lowest BCUT2D eigenvalue weighted by Crippen LogP contribution is -2.33. The first-order valence-electron chi connectivity index (χ1n) is 8.47. The molecule has 0 aliphatic carbocycles. The average molecular weight is 343 g/mol. The SMILES string of the molecule is Cc1ccc(C(=O)NCCCN2CCc3ccccc3C2)c(Cl)c1. The second-order valence-electron chi connectivity index (χ2n) is 6.39. The van der Waals surface area contributed by atoms with Crippen molar-refractivity contribution in [1.82, 2.24) is 10.2 Å². The summed E-state index contributed by atoms with van der Waals surface area (Å²) in [5, 5.41) is 3.48. The third kappa shape index (κ3) is 4.16. The quantitative estimate of drug-likeness (QED) is 0.838. The van der Waals surface area contributed by atoms with Gasteiger partial charge in [-0.3, -0.25) is 9.69 Å². The molecule has 2 aromatic rings. The van der Waals surface area contributed by atoms with Gasteiger partial charge in [0.1, 0.15) is 0 Å². The van der Waals surface area contributed by atoms with Crippen LogP contribution in [0.4, 0.5) is 0 Å². The Morgan fingerprint density at radius 3 is 2.79 bits per heavy atom. The van der Waals surface area contributed by atoms with Crippen molar-refractivity contribution in [1.29, 1.82) is 0 Å². The Kier molecular flexibility index (Phi) is 5.54. The summed E-state index contributed by atoms with van der Waals surface area (Å²) in [6, 6.07) is 14.2. The third-order valence-corrected chi connectivity index (χ3v) is 4.83. The van der Waals surface area contributed by atoms with Crippen molar-refractivity contribution < 1.29 is 4.79 Å². The van der Waals surface area contributed by atoms with Crippen molar-refractivity contribution in [2.75, 3.05) is 19.6 Å². The molecule has 0 unspecified atom stereocenters. The number of carbonyl (C=O) groups excluding carboxylic acids is 1. The first kappa shape index (κ1) is 17.0. The van der Waals surface area contributed by atoms with Crippen LogP contribution in [0, 0.1) is 6.92 Å². The number of hydrogen-bond acceptors (Lipinski definition) is 2. The molecular weight excluding hydrogens is 320 g/mol. The lowest BCUT2D eigenvalue weighted by molar-refractivity contribution is 0.0951. The summed E-state index contributed by atoms with van der Waals surface area (Å²) in [5.41, 5.74) is 4.51. The molecule has 1 N–H and O–H groups in total. The fourth-order valence-electron chi connectivity index (χ4n) is 3.15.